The van der Waals surface area contributed by atoms with Crippen molar-refractivity contribution < 1.29 is 9.53 Å². The quantitative estimate of drug-likeness (QED) is 0.750. The van der Waals surface area contributed by atoms with E-state index in [1.807, 2.05) is 32.0 Å². The highest BCUT2D eigenvalue weighted by molar-refractivity contribution is 9.10. The summed E-state index contributed by atoms with van der Waals surface area (Å²) in [4.78, 5) is 12.0. The number of nitrogens with two attached hydrogens (primary N) is 1. The van der Waals surface area contributed by atoms with Crippen LogP contribution in [0.3, 0.4) is 0 Å². The summed E-state index contributed by atoms with van der Waals surface area (Å²) < 4.78 is 6.56. The smallest absolute Gasteiger partial charge is 0.223 e. The highest BCUT2D eigenvalue weighted by Crippen LogP contribution is 2.39. The highest BCUT2D eigenvalue weighted by Gasteiger charge is 2.41. The largest absolute Gasteiger partial charge is 0.492 e. The lowest BCUT2D eigenvalue weighted by atomic mass is 9.96. The third kappa shape index (κ3) is 5.14. The van der Waals surface area contributed by atoms with Crippen LogP contribution in [0.2, 0.25) is 0 Å². The monoisotopic (exact) mass is 390 g/mol. The Balaban J connectivity index is 0.00000242. The zero-order chi connectivity index (χ0) is 15.5. The molecule has 0 heterocycles. The van der Waals surface area contributed by atoms with Gasteiger partial charge in [-0.2, -0.15) is 0 Å². The van der Waals surface area contributed by atoms with Crippen molar-refractivity contribution in [2.45, 2.75) is 38.6 Å². The predicted molar refractivity (Wildman–Crippen MR) is 94.6 cm³/mol. The Morgan fingerprint density at radius 3 is 2.73 bits per heavy atom. The number of carbonyl (C=O) groups is 1. The summed E-state index contributed by atoms with van der Waals surface area (Å²) in [7, 11) is 0. The number of halogens is 2. The molecule has 3 N–H and O–H groups in total. The standard InChI is InChI=1S/C16H23BrN2O2.ClH/c1-11-3-6-14(13(17)9-11)21-8-7-15(20)19-16(2,10-18)12-4-5-12;/h3,6,9,12H,4-5,7-8,10,18H2,1-2H3,(H,19,20);1H. The van der Waals surface area contributed by atoms with Crippen LogP contribution < -0.4 is 15.8 Å². The third-order valence-electron chi connectivity index (χ3n) is 4.00. The zero-order valence-electron chi connectivity index (χ0n) is 13.0. The number of ether oxygens (including phenoxy) is 1. The molecule has 124 valence electrons. The Bertz CT molecular complexity index is 523. The molecule has 1 aliphatic rings. The van der Waals surface area contributed by atoms with Crippen molar-refractivity contribution in [3.05, 3.63) is 28.2 Å². The topological polar surface area (TPSA) is 64.3 Å². The number of carbonyl (C=O) groups excluding carboxylic acids is 1. The van der Waals surface area contributed by atoms with Gasteiger partial charge in [0.1, 0.15) is 5.75 Å². The molecule has 22 heavy (non-hydrogen) atoms. The normalized spacial score (nSPS) is 16.4. The number of rotatable bonds is 7. The lowest BCUT2D eigenvalue weighted by Crippen LogP contribution is -2.53. The highest BCUT2D eigenvalue weighted by atomic mass is 79.9. The average Bonchev–Trinajstić information content (AvgIpc) is 3.26. The molecule has 1 fully saturated rings. The Hall–Kier alpha value is -0.780. The molecule has 4 nitrogen and oxygen atoms in total. The first-order chi connectivity index (χ1) is 9.94. The molecule has 2 rings (SSSR count). The van der Waals surface area contributed by atoms with Crippen LogP contribution in [-0.4, -0.2) is 24.6 Å². The maximum atomic E-state index is 12.0. The summed E-state index contributed by atoms with van der Waals surface area (Å²) in [6.45, 7) is 4.89. The van der Waals surface area contributed by atoms with Gasteiger partial charge in [-0.15, -0.1) is 12.4 Å². The van der Waals surface area contributed by atoms with E-state index in [1.54, 1.807) is 0 Å². The van der Waals surface area contributed by atoms with E-state index in [4.69, 9.17) is 10.5 Å². The van der Waals surface area contributed by atoms with Crippen molar-refractivity contribution in [3.63, 3.8) is 0 Å². The van der Waals surface area contributed by atoms with Crippen molar-refractivity contribution in [1.29, 1.82) is 0 Å². The second kappa shape index (κ2) is 8.18. The van der Waals surface area contributed by atoms with Crippen molar-refractivity contribution in [1.82, 2.24) is 5.32 Å². The first-order valence-corrected chi connectivity index (χ1v) is 8.14. The molecule has 1 aliphatic carbocycles. The third-order valence-corrected chi connectivity index (χ3v) is 4.62. The molecule has 0 aromatic heterocycles. The lowest BCUT2D eigenvalue weighted by Gasteiger charge is -2.29. The molecule has 0 radical (unpaired) electrons. The van der Waals surface area contributed by atoms with Crippen LogP contribution in [0, 0.1) is 12.8 Å². The molecule has 0 spiro atoms. The minimum Gasteiger partial charge on any atom is -0.492 e. The first-order valence-electron chi connectivity index (χ1n) is 7.34. The van der Waals surface area contributed by atoms with Gasteiger partial charge < -0.3 is 15.8 Å². The molecule has 1 amide bonds. The van der Waals surface area contributed by atoms with Crippen LogP contribution in [0.15, 0.2) is 22.7 Å². The number of aryl methyl sites for hydroxylation is 1. The lowest BCUT2D eigenvalue weighted by molar-refractivity contribution is -0.123. The Labute approximate surface area is 146 Å². The molecule has 0 bridgehead atoms. The Kier molecular flexibility index (Phi) is 7.16. The van der Waals surface area contributed by atoms with E-state index in [9.17, 15) is 4.79 Å². The van der Waals surface area contributed by atoms with Crippen LogP contribution in [0.1, 0.15) is 31.7 Å². The second-order valence-electron chi connectivity index (χ2n) is 5.98. The maximum Gasteiger partial charge on any atom is 0.223 e. The van der Waals surface area contributed by atoms with Gasteiger partial charge in [0.25, 0.3) is 0 Å². The van der Waals surface area contributed by atoms with Crippen LogP contribution >= 0.6 is 28.3 Å². The molecule has 1 unspecified atom stereocenters. The summed E-state index contributed by atoms with van der Waals surface area (Å²) in [5.41, 5.74) is 6.70. The SMILES string of the molecule is Cc1ccc(OCCC(=O)NC(C)(CN)C2CC2)c(Br)c1.Cl. The number of nitrogens with one attached hydrogen (secondary N) is 1. The van der Waals surface area contributed by atoms with Crippen molar-refractivity contribution in [2.75, 3.05) is 13.2 Å². The molecule has 6 heteroatoms. The van der Waals surface area contributed by atoms with Crippen molar-refractivity contribution in [3.8, 4) is 5.75 Å². The summed E-state index contributed by atoms with van der Waals surface area (Å²) in [5, 5.41) is 3.06. The molecule has 1 aromatic rings. The summed E-state index contributed by atoms with van der Waals surface area (Å²) in [6.07, 6.45) is 2.64. The predicted octanol–water partition coefficient (Wildman–Crippen LogP) is 3.19. The van der Waals surface area contributed by atoms with E-state index in [-0.39, 0.29) is 23.9 Å². The van der Waals surface area contributed by atoms with Gasteiger partial charge in [0.15, 0.2) is 0 Å². The fourth-order valence-electron chi connectivity index (χ4n) is 2.40. The Morgan fingerprint density at radius 1 is 1.50 bits per heavy atom. The van der Waals surface area contributed by atoms with E-state index >= 15 is 0 Å². The van der Waals surface area contributed by atoms with Crippen molar-refractivity contribution >= 4 is 34.2 Å². The second-order valence-corrected chi connectivity index (χ2v) is 6.83. The minimum absolute atomic E-state index is 0. The average molecular weight is 392 g/mol. The van der Waals surface area contributed by atoms with Gasteiger partial charge in [0.05, 0.1) is 23.0 Å². The number of benzene rings is 1. The number of hydrogen-bond donors (Lipinski definition) is 2. The van der Waals surface area contributed by atoms with Gasteiger partial charge in [0, 0.05) is 6.54 Å². The van der Waals surface area contributed by atoms with Gasteiger partial charge in [-0.05, 0) is 66.2 Å². The van der Waals surface area contributed by atoms with E-state index in [1.165, 1.54) is 0 Å². The van der Waals surface area contributed by atoms with E-state index in [0.717, 1.165) is 28.6 Å². The van der Waals surface area contributed by atoms with E-state index in [0.29, 0.717) is 25.5 Å². The number of hydrogen-bond acceptors (Lipinski definition) is 3. The van der Waals surface area contributed by atoms with Gasteiger partial charge in [0.2, 0.25) is 5.91 Å². The van der Waals surface area contributed by atoms with E-state index in [2.05, 4.69) is 21.2 Å². The minimum atomic E-state index is -0.262. The molecule has 1 saturated carbocycles. The molecule has 0 saturated heterocycles. The summed E-state index contributed by atoms with van der Waals surface area (Å²) in [5.74, 6) is 1.29. The molecular weight excluding hydrogens is 368 g/mol. The van der Waals surface area contributed by atoms with Crippen molar-refractivity contribution in [2.24, 2.45) is 11.7 Å². The first kappa shape index (κ1) is 19.3. The van der Waals surface area contributed by atoms with Gasteiger partial charge in [-0.3, -0.25) is 4.79 Å². The fourth-order valence-corrected chi connectivity index (χ4v) is 3.01. The molecule has 1 atom stereocenters. The van der Waals surface area contributed by atoms with Crippen LogP contribution in [0.25, 0.3) is 0 Å². The molecule has 0 aliphatic heterocycles. The van der Waals surface area contributed by atoms with Gasteiger partial charge >= 0.3 is 0 Å². The van der Waals surface area contributed by atoms with Crippen LogP contribution in [-0.2, 0) is 4.79 Å². The number of amides is 1. The summed E-state index contributed by atoms with van der Waals surface area (Å²) >= 11 is 3.46. The molecular formula is C16H24BrClN2O2. The van der Waals surface area contributed by atoms with Crippen LogP contribution in [0.4, 0.5) is 0 Å². The van der Waals surface area contributed by atoms with E-state index < -0.39 is 0 Å². The fraction of sp³-hybridized carbons (Fsp3) is 0.562. The van der Waals surface area contributed by atoms with Gasteiger partial charge in [-0.1, -0.05) is 6.07 Å². The zero-order valence-corrected chi connectivity index (χ0v) is 15.4. The Morgan fingerprint density at radius 2 is 2.18 bits per heavy atom. The maximum absolute atomic E-state index is 12.0. The van der Waals surface area contributed by atoms with Crippen LogP contribution in [0.5, 0.6) is 5.75 Å². The summed E-state index contributed by atoms with van der Waals surface area (Å²) in [6, 6.07) is 5.89. The van der Waals surface area contributed by atoms with Gasteiger partial charge in [-0.25, -0.2) is 0 Å². The molecule has 1 aromatic carbocycles.